The van der Waals surface area contributed by atoms with Crippen molar-refractivity contribution in [3.63, 3.8) is 0 Å². The normalized spacial score (nSPS) is 11.2. The van der Waals surface area contributed by atoms with Crippen molar-refractivity contribution in [2.24, 2.45) is 5.10 Å². The molecule has 146 valence electrons. The number of benzene rings is 2. The van der Waals surface area contributed by atoms with Crippen molar-refractivity contribution < 1.29 is 9.47 Å². The Morgan fingerprint density at radius 2 is 1.90 bits per heavy atom. The third-order valence-electron chi connectivity index (χ3n) is 4.47. The third kappa shape index (κ3) is 3.90. The second-order valence-electron chi connectivity index (χ2n) is 6.29. The van der Waals surface area contributed by atoms with Crippen molar-refractivity contribution >= 4 is 28.5 Å². The van der Waals surface area contributed by atoms with Gasteiger partial charge in [0.25, 0.3) is 5.56 Å². The molecule has 0 unspecified atom stereocenters. The van der Waals surface area contributed by atoms with E-state index < -0.39 is 0 Å². The van der Waals surface area contributed by atoms with Crippen molar-refractivity contribution in [3.05, 3.63) is 86.6 Å². The van der Waals surface area contributed by atoms with Gasteiger partial charge in [0.2, 0.25) is 0 Å². The van der Waals surface area contributed by atoms with Crippen LogP contribution in [0.1, 0.15) is 16.3 Å². The number of hydrogen-bond donors (Lipinski definition) is 0. The number of methoxy groups -OCH3 is 2. The number of para-hydroxylation sites is 1. The molecule has 2 aromatic carbocycles. The van der Waals surface area contributed by atoms with Gasteiger partial charge in [0.1, 0.15) is 5.82 Å². The lowest BCUT2D eigenvalue weighted by Crippen LogP contribution is -2.22. The zero-order valence-electron chi connectivity index (χ0n) is 16.0. The van der Waals surface area contributed by atoms with Crippen LogP contribution in [0.4, 0.5) is 0 Å². The Bertz CT molecular complexity index is 1230. The van der Waals surface area contributed by atoms with Gasteiger partial charge in [-0.1, -0.05) is 24.3 Å². The molecule has 0 aliphatic heterocycles. The van der Waals surface area contributed by atoms with E-state index in [0.717, 1.165) is 10.4 Å². The van der Waals surface area contributed by atoms with Crippen LogP contribution in [0.3, 0.4) is 0 Å². The summed E-state index contributed by atoms with van der Waals surface area (Å²) in [6.45, 7) is 0. The molecule has 0 aliphatic carbocycles. The van der Waals surface area contributed by atoms with E-state index >= 15 is 0 Å². The van der Waals surface area contributed by atoms with E-state index in [-0.39, 0.29) is 5.56 Å². The molecule has 0 saturated carbocycles. The zero-order chi connectivity index (χ0) is 20.2. The maximum atomic E-state index is 13.1. The van der Waals surface area contributed by atoms with Crippen LogP contribution in [0.25, 0.3) is 10.9 Å². The minimum atomic E-state index is -0.195. The fourth-order valence-corrected chi connectivity index (χ4v) is 3.64. The molecule has 0 spiro atoms. The van der Waals surface area contributed by atoms with E-state index in [4.69, 9.17) is 14.5 Å². The Morgan fingerprint density at radius 1 is 1.07 bits per heavy atom. The Kier molecular flexibility index (Phi) is 5.39. The summed E-state index contributed by atoms with van der Waals surface area (Å²) in [6, 6.07) is 16.8. The first-order chi connectivity index (χ1) is 14.2. The highest BCUT2D eigenvalue weighted by Gasteiger charge is 2.13. The molecule has 0 amide bonds. The highest BCUT2D eigenvalue weighted by Crippen LogP contribution is 2.28. The predicted octanol–water partition coefficient (Wildman–Crippen LogP) is 3.95. The molecule has 0 aliphatic rings. The topological polar surface area (TPSA) is 65.7 Å². The van der Waals surface area contributed by atoms with Gasteiger partial charge in [0.05, 0.1) is 31.3 Å². The van der Waals surface area contributed by atoms with Crippen molar-refractivity contribution in [2.45, 2.75) is 6.42 Å². The first kappa shape index (κ1) is 18.9. The SMILES string of the molecule is COc1ccc(Cc2nc3ccccc3c(=O)n2N=Cc2cccs2)cc1OC. The van der Waals surface area contributed by atoms with Crippen LogP contribution < -0.4 is 15.0 Å². The minimum Gasteiger partial charge on any atom is -0.493 e. The van der Waals surface area contributed by atoms with Gasteiger partial charge in [0, 0.05) is 11.3 Å². The fraction of sp³-hybridized carbons (Fsp3) is 0.136. The summed E-state index contributed by atoms with van der Waals surface area (Å²) in [6.07, 6.45) is 2.10. The van der Waals surface area contributed by atoms with E-state index in [1.165, 1.54) is 4.68 Å². The van der Waals surface area contributed by atoms with Gasteiger partial charge >= 0.3 is 0 Å². The molecule has 2 aromatic heterocycles. The van der Waals surface area contributed by atoms with Crippen LogP contribution in [0, 0.1) is 0 Å². The van der Waals surface area contributed by atoms with Crippen LogP contribution in [-0.2, 0) is 6.42 Å². The molecule has 29 heavy (non-hydrogen) atoms. The lowest BCUT2D eigenvalue weighted by molar-refractivity contribution is 0.354. The summed E-state index contributed by atoms with van der Waals surface area (Å²) in [4.78, 5) is 18.8. The monoisotopic (exact) mass is 405 g/mol. The second-order valence-corrected chi connectivity index (χ2v) is 7.27. The van der Waals surface area contributed by atoms with Crippen LogP contribution in [0.15, 0.2) is 69.9 Å². The molecule has 4 aromatic rings. The average Bonchev–Trinajstić information content (AvgIpc) is 3.27. The highest BCUT2D eigenvalue weighted by atomic mass is 32.1. The summed E-state index contributed by atoms with van der Waals surface area (Å²) in [5, 5.41) is 6.94. The van der Waals surface area contributed by atoms with Crippen LogP contribution in [-0.4, -0.2) is 30.1 Å². The molecule has 2 heterocycles. The van der Waals surface area contributed by atoms with Gasteiger partial charge < -0.3 is 9.47 Å². The Balaban J connectivity index is 1.82. The smallest absolute Gasteiger partial charge is 0.282 e. The Morgan fingerprint density at radius 3 is 2.66 bits per heavy atom. The van der Waals surface area contributed by atoms with Crippen LogP contribution >= 0.6 is 11.3 Å². The molecule has 0 atom stereocenters. The highest BCUT2D eigenvalue weighted by molar-refractivity contribution is 7.11. The first-order valence-corrected chi connectivity index (χ1v) is 9.87. The largest absolute Gasteiger partial charge is 0.493 e. The standard InChI is InChI=1S/C22H19N3O3S/c1-27-19-10-9-15(12-20(19)28-2)13-21-24-18-8-4-3-7-17(18)22(26)25(21)23-14-16-6-5-11-29-16/h3-12,14H,13H2,1-2H3. The molecule has 0 saturated heterocycles. The summed E-state index contributed by atoms with van der Waals surface area (Å²) >= 11 is 1.55. The van der Waals surface area contributed by atoms with Gasteiger partial charge in [-0.3, -0.25) is 4.79 Å². The van der Waals surface area contributed by atoms with E-state index in [1.54, 1.807) is 37.8 Å². The summed E-state index contributed by atoms with van der Waals surface area (Å²) < 4.78 is 12.1. The average molecular weight is 405 g/mol. The van der Waals surface area contributed by atoms with Crippen molar-refractivity contribution in [1.82, 2.24) is 9.66 Å². The predicted molar refractivity (Wildman–Crippen MR) is 116 cm³/mol. The molecular weight excluding hydrogens is 386 g/mol. The Labute approximate surface area is 171 Å². The van der Waals surface area contributed by atoms with Crippen molar-refractivity contribution in [3.8, 4) is 11.5 Å². The number of nitrogens with zero attached hydrogens (tertiary/aromatic N) is 3. The van der Waals surface area contributed by atoms with Gasteiger partial charge in [-0.2, -0.15) is 9.78 Å². The van der Waals surface area contributed by atoms with Crippen LogP contribution in [0.5, 0.6) is 11.5 Å². The van der Waals surface area contributed by atoms with Gasteiger partial charge in [-0.25, -0.2) is 4.98 Å². The number of ether oxygens (including phenoxy) is 2. The number of thiophene rings is 1. The van der Waals surface area contributed by atoms with Crippen molar-refractivity contribution in [2.75, 3.05) is 14.2 Å². The maximum absolute atomic E-state index is 13.1. The van der Waals surface area contributed by atoms with Gasteiger partial charge in [0.15, 0.2) is 11.5 Å². The lowest BCUT2D eigenvalue weighted by Gasteiger charge is -2.12. The first-order valence-electron chi connectivity index (χ1n) is 8.99. The van der Waals surface area contributed by atoms with Crippen LogP contribution in [0.2, 0.25) is 0 Å². The van der Waals surface area contributed by atoms with E-state index in [2.05, 4.69) is 5.10 Å². The van der Waals surface area contributed by atoms with E-state index in [9.17, 15) is 4.79 Å². The molecule has 0 bridgehead atoms. The fourth-order valence-electron chi connectivity index (χ4n) is 3.06. The molecule has 0 fully saturated rings. The Hall–Kier alpha value is -3.45. The summed E-state index contributed by atoms with van der Waals surface area (Å²) in [5.41, 5.74) is 1.39. The van der Waals surface area contributed by atoms with Gasteiger partial charge in [-0.15, -0.1) is 11.3 Å². The number of aromatic nitrogens is 2. The zero-order valence-corrected chi connectivity index (χ0v) is 16.8. The number of rotatable bonds is 6. The number of fused-ring (bicyclic) bond motifs is 1. The molecule has 6 nitrogen and oxygen atoms in total. The van der Waals surface area contributed by atoms with Gasteiger partial charge in [-0.05, 0) is 41.3 Å². The maximum Gasteiger partial charge on any atom is 0.282 e. The molecule has 0 N–H and O–H groups in total. The van der Waals surface area contributed by atoms with E-state index in [0.29, 0.717) is 34.6 Å². The summed E-state index contributed by atoms with van der Waals surface area (Å²) in [5.74, 6) is 1.83. The molecule has 0 radical (unpaired) electrons. The van der Waals surface area contributed by atoms with Crippen molar-refractivity contribution in [1.29, 1.82) is 0 Å². The number of hydrogen-bond acceptors (Lipinski definition) is 6. The van der Waals surface area contributed by atoms with E-state index in [1.807, 2.05) is 53.9 Å². The molecule has 4 rings (SSSR count). The summed E-state index contributed by atoms with van der Waals surface area (Å²) in [7, 11) is 3.19. The second kappa shape index (κ2) is 8.28. The third-order valence-corrected chi connectivity index (χ3v) is 5.28. The minimum absolute atomic E-state index is 0.195. The molecular formula is C22H19N3O3S. The quantitative estimate of drug-likeness (QED) is 0.456. The molecule has 7 heteroatoms. The lowest BCUT2D eigenvalue weighted by atomic mass is 10.1.